The van der Waals surface area contributed by atoms with Gasteiger partial charge in [-0.2, -0.15) is 0 Å². The largest absolute Gasteiger partial charge is 0.511 e. The topological polar surface area (TPSA) is 73.2 Å². The molecule has 1 saturated heterocycles. The number of Topliss-reactive ketones (excluding diaryl/α,β-unsaturated/α-hetero) is 1. The highest BCUT2D eigenvalue weighted by molar-refractivity contribution is 6.30. The number of amides is 1. The van der Waals surface area contributed by atoms with Gasteiger partial charge in [0.15, 0.2) is 5.78 Å². The smallest absolute Gasteiger partial charge is 0.227 e. The maximum Gasteiger partial charge on any atom is 0.227 e. The molecule has 0 saturated carbocycles. The second kappa shape index (κ2) is 9.75. The Kier molecular flexibility index (Phi) is 7.32. The van der Waals surface area contributed by atoms with Crippen LogP contribution in [0.2, 0.25) is 5.02 Å². The summed E-state index contributed by atoms with van der Waals surface area (Å²) in [7, 11) is 0. The van der Waals surface area contributed by atoms with Crippen molar-refractivity contribution in [2.45, 2.75) is 33.1 Å². The summed E-state index contributed by atoms with van der Waals surface area (Å²) < 4.78 is 0. The number of aliphatic imine (C=N–C) groups is 1. The Morgan fingerprint density at radius 3 is 2.47 bits per heavy atom. The van der Waals surface area contributed by atoms with E-state index in [0.29, 0.717) is 49.5 Å². The van der Waals surface area contributed by atoms with Crippen molar-refractivity contribution in [2.75, 3.05) is 39.3 Å². The van der Waals surface area contributed by atoms with Gasteiger partial charge in [0.1, 0.15) is 5.76 Å². The van der Waals surface area contributed by atoms with E-state index in [-0.39, 0.29) is 22.9 Å². The summed E-state index contributed by atoms with van der Waals surface area (Å²) in [4.78, 5) is 33.2. The first-order chi connectivity index (χ1) is 14.2. The van der Waals surface area contributed by atoms with Crippen LogP contribution < -0.4 is 0 Å². The quantitative estimate of drug-likeness (QED) is 0.701. The van der Waals surface area contributed by atoms with Crippen LogP contribution in [0.3, 0.4) is 0 Å². The van der Waals surface area contributed by atoms with Crippen molar-refractivity contribution in [1.29, 1.82) is 0 Å². The third-order valence-electron chi connectivity index (χ3n) is 5.66. The molecule has 1 aromatic carbocycles. The fraction of sp³-hybridized carbons (Fsp3) is 0.522. The number of ketones is 1. The summed E-state index contributed by atoms with van der Waals surface area (Å²) in [5.41, 5.74) is 1.13. The normalized spacial score (nSPS) is 20.2. The lowest BCUT2D eigenvalue weighted by molar-refractivity contribution is -0.132. The van der Waals surface area contributed by atoms with Gasteiger partial charge in [0.2, 0.25) is 5.91 Å². The molecular formula is C23H30ClN3O3. The first kappa shape index (κ1) is 22.5. The van der Waals surface area contributed by atoms with Crippen LogP contribution in [-0.4, -0.2) is 72.1 Å². The monoisotopic (exact) mass is 431 g/mol. The summed E-state index contributed by atoms with van der Waals surface area (Å²) >= 11 is 5.89. The van der Waals surface area contributed by atoms with Gasteiger partial charge in [-0.25, -0.2) is 0 Å². The van der Waals surface area contributed by atoms with Crippen molar-refractivity contribution in [2.24, 2.45) is 10.4 Å². The number of rotatable bonds is 6. The van der Waals surface area contributed by atoms with Gasteiger partial charge >= 0.3 is 0 Å². The molecule has 162 valence electrons. The summed E-state index contributed by atoms with van der Waals surface area (Å²) in [6.45, 7) is 8.32. The van der Waals surface area contributed by atoms with Crippen LogP contribution in [0.5, 0.6) is 0 Å². The van der Waals surface area contributed by atoms with E-state index >= 15 is 0 Å². The number of hydrogen-bond acceptors (Lipinski definition) is 5. The molecule has 1 heterocycles. The fourth-order valence-electron chi connectivity index (χ4n) is 3.91. The number of hydrogen-bond donors (Lipinski definition) is 1. The lowest BCUT2D eigenvalue weighted by atomic mass is 9.77. The molecule has 1 amide bonds. The third-order valence-corrected chi connectivity index (χ3v) is 5.91. The Morgan fingerprint density at radius 1 is 1.17 bits per heavy atom. The average Bonchev–Trinajstić information content (AvgIpc) is 2.68. The lowest BCUT2D eigenvalue weighted by Gasteiger charge is -2.34. The Balaban J connectivity index is 1.41. The molecule has 0 atom stereocenters. The van der Waals surface area contributed by atoms with Gasteiger partial charge in [-0.3, -0.25) is 19.5 Å². The number of aliphatic hydroxyl groups is 1. The van der Waals surface area contributed by atoms with Crippen LogP contribution in [-0.2, 0) is 16.0 Å². The molecule has 30 heavy (non-hydrogen) atoms. The SMILES string of the molecule is CC1(C)CC(=O)C(C=NCCN2CCN(C(=O)Cc3ccc(Cl)cc3)CC2)=C(O)C1. The number of halogens is 1. The molecule has 1 aliphatic carbocycles. The van der Waals surface area contributed by atoms with Crippen LogP contribution in [0, 0.1) is 5.41 Å². The second-order valence-electron chi connectivity index (χ2n) is 8.86. The summed E-state index contributed by atoms with van der Waals surface area (Å²) in [5.74, 6) is 0.240. The van der Waals surface area contributed by atoms with Crippen LogP contribution in [0.15, 0.2) is 40.6 Å². The molecule has 1 aliphatic heterocycles. The highest BCUT2D eigenvalue weighted by Crippen LogP contribution is 2.35. The molecule has 0 bridgehead atoms. The van der Waals surface area contributed by atoms with Crippen LogP contribution in [0.4, 0.5) is 0 Å². The van der Waals surface area contributed by atoms with E-state index in [1.807, 2.05) is 30.9 Å². The molecule has 0 spiro atoms. The van der Waals surface area contributed by atoms with Crippen LogP contribution >= 0.6 is 11.6 Å². The van der Waals surface area contributed by atoms with E-state index in [4.69, 9.17) is 11.6 Å². The zero-order valence-electron chi connectivity index (χ0n) is 17.7. The summed E-state index contributed by atoms with van der Waals surface area (Å²) in [6.07, 6.45) is 2.86. The van der Waals surface area contributed by atoms with Crippen LogP contribution in [0.1, 0.15) is 32.3 Å². The molecule has 0 aromatic heterocycles. The van der Waals surface area contributed by atoms with E-state index in [9.17, 15) is 14.7 Å². The van der Waals surface area contributed by atoms with Crippen molar-refractivity contribution in [3.8, 4) is 0 Å². The molecule has 2 aliphatic rings. The van der Waals surface area contributed by atoms with Crippen molar-refractivity contribution >= 4 is 29.5 Å². The van der Waals surface area contributed by atoms with E-state index in [2.05, 4.69) is 9.89 Å². The highest BCUT2D eigenvalue weighted by atomic mass is 35.5. The minimum atomic E-state index is -0.191. The Labute approximate surface area is 183 Å². The maximum atomic E-state index is 12.5. The average molecular weight is 432 g/mol. The van der Waals surface area contributed by atoms with Gasteiger partial charge in [0.25, 0.3) is 0 Å². The van der Waals surface area contributed by atoms with Gasteiger partial charge in [-0.15, -0.1) is 0 Å². The number of benzene rings is 1. The van der Waals surface area contributed by atoms with Gasteiger partial charge in [0, 0.05) is 56.8 Å². The fourth-order valence-corrected chi connectivity index (χ4v) is 4.04. The van der Waals surface area contributed by atoms with Crippen molar-refractivity contribution in [3.05, 3.63) is 46.2 Å². The minimum Gasteiger partial charge on any atom is -0.511 e. The van der Waals surface area contributed by atoms with E-state index in [0.717, 1.165) is 25.2 Å². The van der Waals surface area contributed by atoms with Crippen molar-refractivity contribution < 1.29 is 14.7 Å². The number of nitrogens with zero attached hydrogens (tertiary/aromatic N) is 3. The molecule has 6 nitrogen and oxygen atoms in total. The van der Waals surface area contributed by atoms with E-state index in [1.165, 1.54) is 6.21 Å². The predicted octanol–water partition coefficient (Wildman–Crippen LogP) is 3.30. The van der Waals surface area contributed by atoms with Gasteiger partial charge in [0.05, 0.1) is 18.5 Å². The first-order valence-electron chi connectivity index (χ1n) is 10.4. The predicted molar refractivity (Wildman–Crippen MR) is 119 cm³/mol. The Morgan fingerprint density at radius 2 is 1.83 bits per heavy atom. The molecule has 1 fully saturated rings. The highest BCUT2D eigenvalue weighted by Gasteiger charge is 2.32. The van der Waals surface area contributed by atoms with Gasteiger partial charge in [-0.05, 0) is 23.1 Å². The summed E-state index contributed by atoms with van der Waals surface area (Å²) in [5, 5.41) is 10.8. The molecule has 1 aromatic rings. The zero-order valence-corrected chi connectivity index (χ0v) is 18.5. The number of carbonyl (C=O) groups excluding carboxylic acids is 2. The molecule has 7 heteroatoms. The van der Waals surface area contributed by atoms with Crippen molar-refractivity contribution in [3.63, 3.8) is 0 Å². The van der Waals surface area contributed by atoms with E-state index in [1.54, 1.807) is 12.1 Å². The molecule has 1 N–H and O–H groups in total. The Bertz CT molecular complexity index is 838. The Hall–Kier alpha value is -2.18. The van der Waals surface area contributed by atoms with Gasteiger partial charge < -0.3 is 10.0 Å². The number of allylic oxidation sites excluding steroid dienone is 2. The zero-order chi connectivity index (χ0) is 21.7. The molecule has 0 radical (unpaired) electrons. The molecule has 0 unspecified atom stereocenters. The maximum absolute atomic E-state index is 12.5. The number of aliphatic hydroxyl groups excluding tert-OH is 1. The number of carbonyl (C=O) groups is 2. The second-order valence-corrected chi connectivity index (χ2v) is 9.30. The van der Waals surface area contributed by atoms with Crippen molar-refractivity contribution in [1.82, 2.24) is 9.80 Å². The third kappa shape index (κ3) is 6.16. The van der Waals surface area contributed by atoms with Crippen LogP contribution in [0.25, 0.3) is 0 Å². The van der Waals surface area contributed by atoms with Gasteiger partial charge in [-0.1, -0.05) is 37.6 Å². The summed E-state index contributed by atoms with van der Waals surface area (Å²) in [6, 6.07) is 7.39. The lowest BCUT2D eigenvalue weighted by Crippen LogP contribution is -2.49. The van der Waals surface area contributed by atoms with E-state index < -0.39 is 0 Å². The first-order valence-corrected chi connectivity index (χ1v) is 10.8. The standard InChI is InChI=1S/C23H30ClN3O3/c1-23(2)14-20(28)19(21(29)15-23)16-25-7-8-26-9-11-27(12-10-26)22(30)13-17-3-5-18(24)6-4-17/h3-6,16,28H,7-15H2,1-2H3. The minimum absolute atomic E-state index is 0.0414. The molecular weight excluding hydrogens is 402 g/mol. The molecule has 3 rings (SSSR count). The number of piperazine rings is 1.